The number of ether oxygens (including phenoxy) is 1. The summed E-state index contributed by atoms with van der Waals surface area (Å²) < 4.78 is 22.3. The van der Waals surface area contributed by atoms with Gasteiger partial charge >= 0.3 is 6.03 Å². The second-order valence-electron chi connectivity index (χ2n) is 11.0. The number of pyridine rings is 2. The van der Waals surface area contributed by atoms with Crippen molar-refractivity contribution in [3.63, 3.8) is 0 Å². The number of anilines is 2. The van der Waals surface area contributed by atoms with Gasteiger partial charge in [-0.2, -0.15) is 5.10 Å². The highest BCUT2D eigenvalue weighted by molar-refractivity contribution is 6.06. The zero-order chi connectivity index (χ0) is 32.3. The van der Waals surface area contributed by atoms with E-state index < -0.39 is 11.8 Å². The smallest absolute Gasteiger partial charge is 0.324 e. The number of rotatable bonds is 7. The summed E-state index contributed by atoms with van der Waals surface area (Å²) in [5.74, 6) is -0.623. The number of nitrogens with zero attached hydrogens (tertiary/aromatic N) is 4. The van der Waals surface area contributed by atoms with Gasteiger partial charge in [0.2, 0.25) is 0 Å². The van der Waals surface area contributed by atoms with Crippen LogP contribution in [0.15, 0.2) is 73.1 Å². The zero-order valence-corrected chi connectivity index (χ0v) is 25.2. The Labute approximate surface area is 258 Å². The van der Waals surface area contributed by atoms with Crippen molar-refractivity contribution in [2.24, 2.45) is 0 Å². The van der Waals surface area contributed by atoms with Crippen molar-refractivity contribution >= 4 is 40.3 Å². The standard InChI is InChI=1S/C32H31FN8O4/c1-32(2,3)27-17-28(41(40-27)18-6-8-24-22(14-18)21(11-13-36-24)29(42)34-4)39-31(44)38-25-9-7-19(15-23(25)33)45-20-10-12-37-26(16-20)30(43)35-5/h6-17H,1-5H3,(H,34,42)(H,35,43)(H2,38,39,44). The number of halogens is 1. The number of carbonyl (C=O) groups excluding carboxylic acids is 3. The maximum atomic E-state index is 15.0. The molecule has 3 heterocycles. The van der Waals surface area contributed by atoms with Crippen molar-refractivity contribution in [1.29, 1.82) is 0 Å². The summed E-state index contributed by atoms with van der Waals surface area (Å²) in [7, 11) is 3.04. The lowest BCUT2D eigenvalue weighted by atomic mass is 9.92. The van der Waals surface area contributed by atoms with Gasteiger partial charge in [-0.05, 0) is 42.5 Å². The van der Waals surface area contributed by atoms with E-state index >= 15 is 4.39 Å². The van der Waals surface area contributed by atoms with Crippen LogP contribution in [-0.4, -0.2) is 51.7 Å². The van der Waals surface area contributed by atoms with E-state index in [1.165, 1.54) is 37.5 Å². The molecule has 0 unspecified atom stereocenters. The number of amides is 4. The molecule has 0 aliphatic carbocycles. The number of fused-ring (bicyclic) bond motifs is 1. The van der Waals surface area contributed by atoms with Crippen LogP contribution in [0.3, 0.4) is 0 Å². The van der Waals surface area contributed by atoms with Crippen molar-refractivity contribution < 1.29 is 23.5 Å². The van der Waals surface area contributed by atoms with Gasteiger partial charge in [0.1, 0.15) is 28.8 Å². The van der Waals surface area contributed by atoms with Crippen LogP contribution < -0.4 is 26.0 Å². The summed E-state index contributed by atoms with van der Waals surface area (Å²) in [6.07, 6.45) is 2.97. The van der Waals surface area contributed by atoms with Gasteiger partial charge in [0.05, 0.1) is 28.1 Å². The first-order valence-corrected chi connectivity index (χ1v) is 13.9. The van der Waals surface area contributed by atoms with Crippen molar-refractivity contribution in [3.05, 3.63) is 95.8 Å². The van der Waals surface area contributed by atoms with E-state index in [1.807, 2.05) is 20.8 Å². The van der Waals surface area contributed by atoms with Crippen LogP contribution in [0.1, 0.15) is 47.3 Å². The molecule has 4 amide bonds. The third-order valence-corrected chi connectivity index (χ3v) is 6.78. The molecule has 0 saturated heterocycles. The minimum Gasteiger partial charge on any atom is -0.457 e. The summed E-state index contributed by atoms with van der Waals surface area (Å²) in [5.41, 5.74) is 2.03. The lowest BCUT2D eigenvalue weighted by molar-refractivity contribution is 0.0952. The molecule has 12 nitrogen and oxygen atoms in total. The molecule has 0 spiro atoms. The SMILES string of the molecule is CNC(=O)c1cc(Oc2ccc(NC(=O)Nc3cc(C(C)(C)C)nn3-c3ccc4nccc(C(=O)NC)c4c3)c(F)c2)ccn1. The van der Waals surface area contributed by atoms with Crippen LogP contribution >= 0.6 is 0 Å². The van der Waals surface area contributed by atoms with Crippen LogP contribution in [0.4, 0.5) is 20.7 Å². The number of hydrogen-bond acceptors (Lipinski definition) is 7. The normalized spacial score (nSPS) is 11.2. The molecular weight excluding hydrogens is 579 g/mol. The molecule has 0 saturated carbocycles. The molecular formula is C32H31FN8O4. The Morgan fingerprint density at radius 1 is 0.822 bits per heavy atom. The number of nitrogens with one attached hydrogen (secondary N) is 4. The molecule has 5 aromatic rings. The van der Waals surface area contributed by atoms with Gasteiger partial charge in [-0.3, -0.25) is 24.9 Å². The van der Waals surface area contributed by atoms with Gasteiger partial charge in [0.15, 0.2) is 0 Å². The fraction of sp³-hybridized carbons (Fsp3) is 0.188. The van der Waals surface area contributed by atoms with E-state index in [1.54, 1.807) is 48.3 Å². The summed E-state index contributed by atoms with van der Waals surface area (Å²) in [6.45, 7) is 5.96. The van der Waals surface area contributed by atoms with Gasteiger partial charge in [-0.15, -0.1) is 0 Å². The molecule has 3 aromatic heterocycles. The van der Waals surface area contributed by atoms with Gasteiger partial charge in [0.25, 0.3) is 11.8 Å². The predicted octanol–water partition coefficient (Wildman–Crippen LogP) is 5.41. The number of urea groups is 1. The summed E-state index contributed by atoms with van der Waals surface area (Å²) in [4.78, 5) is 45.8. The van der Waals surface area contributed by atoms with Gasteiger partial charge in [-0.1, -0.05) is 20.8 Å². The van der Waals surface area contributed by atoms with E-state index in [4.69, 9.17) is 9.84 Å². The topological polar surface area (TPSA) is 152 Å². The molecule has 13 heteroatoms. The molecule has 0 fully saturated rings. The van der Waals surface area contributed by atoms with Crippen LogP contribution in [-0.2, 0) is 5.41 Å². The molecule has 5 rings (SSSR count). The Kier molecular flexibility index (Phi) is 8.44. The fourth-order valence-corrected chi connectivity index (χ4v) is 4.43. The fourth-order valence-electron chi connectivity index (χ4n) is 4.43. The lowest BCUT2D eigenvalue weighted by Crippen LogP contribution is -2.22. The molecule has 45 heavy (non-hydrogen) atoms. The minimum absolute atomic E-state index is 0.0882. The molecule has 0 radical (unpaired) electrons. The van der Waals surface area contributed by atoms with E-state index in [9.17, 15) is 14.4 Å². The molecule has 230 valence electrons. The largest absolute Gasteiger partial charge is 0.457 e. The summed E-state index contributed by atoms with van der Waals surface area (Å²) in [6, 6.07) is 14.9. The highest BCUT2D eigenvalue weighted by Crippen LogP contribution is 2.29. The highest BCUT2D eigenvalue weighted by atomic mass is 19.1. The van der Waals surface area contributed by atoms with Gasteiger partial charge in [-0.25, -0.2) is 13.9 Å². The first-order chi connectivity index (χ1) is 21.5. The second-order valence-corrected chi connectivity index (χ2v) is 11.0. The zero-order valence-electron chi connectivity index (χ0n) is 25.2. The maximum absolute atomic E-state index is 15.0. The van der Waals surface area contributed by atoms with Crippen molar-refractivity contribution in [1.82, 2.24) is 30.4 Å². The van der Waals surface area contributed by atoms with Crippen LogP contribution in [0.2, 0.25) is 0 Å². The number of aromatic nitrogens is 4. The van der Waals surface area contributed by atoms with Crippen molar-refractivity contribution in [2.45, 2.75) is 26.2 Å². The molecule has 0 bridgehead atoms. The average Bonchev–Trinajstić information content (AvgIpc) is 3.45. The Hall–Kier alpha value is -5.85. The molecule has 2 aromatic carbocycles. The Bertz CT molecular complexity index is 1930. The summed E-state index contributed by atoms with van der Waals surface area (Å²) in [5, 5.41) is 15.7. The van der Waals surface area contributed by atoms with Crippen molar-refractivity contribution in [3.8, 4) is 17.2 Å². The summed E-state index contributed by atoms with van der Waals surface area (Å²) >= 11 is 0. The van der Waals surface area contributed by atoms with E-state index in [2.05, 4.69) is 31.2 Å². The highest BCUT2D eigenvalue weighted by Gasteiger charge is 2.22. The molecule has 0 aliphatic rings. The van der Waals surface area contributed by atoms with Crippen LogP contribution in [0.5, 0.6) is 11.5 Å². The van der Waals surface area contributed by atoms with E-state index in [0.717, 1.165) is 6.07 Å². The predicted molar refractivity (Wildman–Crippen MR) is 168 cm³/mol. The Morgan fingerprint density at radius 3 is 2.27 bits per heavy atom. The van der Waals surface area contributed by atoms with Crippen LogP contribution in [0, 0.1) is 5.82 Å². The monoisotopic (exact) mass is 610 g/mol. The molecule has 4 N–H and O–H groups in total. The van der Waals surface area contributed by atoms with Crippen molar-refractivity contribution in [2.75, 3.05) is 24.7 Å². The maximum Gasteiger partial charge on any atom is 0.324 e. The number of hydrogen-bond donors (Lipinski definition) is 4. The van der Waals surface area contributed by atoms with Gasteiger partial charge < -0.3 is 20.7 Å². The number of carbonyl (C=O) groups is 3. The quantitative estimate of drug-likeness (QED) is 0.192. The third-order valence-electron chi connectivity index (χ3n) is 6.78. The average molecular weight is 611 g/mol. The lowest BCUT2D eigenvalue weighted by Gasteiger charge is -2.14. The van der Waals surface area contributed by atoms with Gasteiger partial charge in [0, 0.05) is 55.5 Å². The second kappa shape index (κ2) is 12.4. The number of benzene rings is 2. The van der Waals surface area contributed by atoms with E-state index in [0.29, 0.717) is 33.7 Å². The Morgan fingerprint density at radius 2 is 1.56 bits per heavy atom. The molecule has 0 atom stereocenters. The van der Waals surface area contributed by atoms with E-state index in [-0.39, 0.29) is 40.1 Å². The minimum atomic E-state index is -0.740. The van der Waals surface area contributed by atoms with Crippen LogP contribution in [0.25, 0.3) is 16.6 Å². The third kappa shape index (κ3) is 6.72. The first-order valence-electron chi connectivity index (χ1n) is 13.9. The Balaban J connectivity index is 1.39. The molecule has 0 aliphatic heterocycles. The first kappa shape index (κ1) is 30.6.